The van der Waals surface area contributed by atoms with E-state index in [-0.39, 0.29) is 24.2 Å². The molecule has 7 nitrogen and oxygen atoms in total. The molecule has 0 radical (unpaired) electrons. The van der Waals surface area contributed by atoms with Crippen LogP contribution in [0.15, 0.2) is 30.5 Å². The average molecular weight is 392 g/mol. The first-order chi connectivity index (χ1) is 13.2. The molecule has 0 aliphatic heterocycles. The smallest absolute Gasteiger partial charge is 0.278 e. The van der Waals surface area contributed by atoms with Crippen molar-refractivity contribution in [3.8, 4) is 5.88 Å². The van der Waals surface area contributed by atoms with E-state index in [0.29, 0.717) is 29.1 Å². The van der Waals surface area contributed by atoms with Gasteiger partial charge in [-0.15, -0.1) is 0 Å². The predicted octanol–water partition coefficient (Wildman–Crippen LogP) is 3.10. The number of alkyl halides is 2. The molecular weight excluding hydrogens is 370 g/mol. The van der Waals surface area contributed by atoms with Crippen molar-refractivity contribution in [2.75, 3.05) is 11.9 Å². The van der Waals surface area contributed by atoms with Crippen molar-refractivity contribution in [2.45, 2.75) is 39.7 Å². The van der Waals surface area contributed by atoms with Crippen molar-refractivity contribution in [2.24, 2.45) is 0 Å². The molecule has 2 aromatic heterocycles. The highest BCUT2D eigenvalue weighted by Gasteiger charge is 2.22. The Bertz CT molecular complexity index is 836. The summed E-state index contributed by atoms with van der Waals surface area (Å²) in [6.45, 7) is 3.64. The first-order valence-corrected chi connectivity index (χ1v) is 8.68. The minimum absolute atomic E-state index is 0.0812. The number of pyridine rings is 2. The quantitative estimate of drug-likeness (QED) is 0.720. The molecular formula is C19H22F2N4O3. The summed E-state index contributed by atoms with van der Waals surface area (Å²) >= 11 is 0. The summed E-state index contributed by atoms with van der Waals surface area (Å²) < 4.78 is 30.5. The van der Waals surface area contributed by atoms with E-state index in [2.05, 4.69) is 20.6 Å². The Balaban J connectivity index is 1.95. The number of halogens is 2. The van der Waals surface area contributed by atoms with Crippen LogP contribution in [0.25, 0.3) is 0 Å². The Labute approximate surface area is 161 Å². The maximum Gasteiger partial charge on any atom is 0.278 e. The maximum absolute atomic E-state index is 12.8. The van der Waals surface area contributed by atoms with Gasteiger partial charge in [-0.3, -0.25) is 9.59 Å². The van der Waals surface area contributed by atoms with E-state index >= 15 is 0 Å². The van der Waals surface area contributed by atoms with E-state index in [9.17, 15) is 18.4 Å². The Hall–Kier alpha value is -3.10. The number of carbonyl (C=O) groups is 2. The molecule has 0 bridgehead atoms. The molecule has 0 saturated carbocycles. The van der Waals surface area contributed by atoms with Crippen LogP contribution >= 0.6 is 0 Å². The Kier molecular flexibility index (Phi) is 6.97. The minimum atomic E-state index is -2.94. The predicted molar refractivity (Wildman–Crippen MR) is 99.4 cm³/mol. The van der Waals surface area contributed by atoms with E-state index in [0.717, 1.165) is 6.92 Å². The van der Waals surface area contributed by atoms with Gasteiger partial charge in [0.15, 0.2) is 6.61 Å². The van der Waals surface area contributed by atoms with Crippen LogP contribution in [-0.4, -0.2) is 34.3 Å². The van der Waals surface area contributed by atoms with Crippen molar-refractivity contribution < 1.29 is 23.1 Å². The summed E-state index contributed by atoms with van der Waals surface area (Å²) in [6, 6.07) is 6.19. The summed E-state index contributed by atoms with van der Waals surface area (Å²) in [4.78, 5) is 32.0. The molecule has 2 heterocycles. The summed E-state index contributed by atoms with van der Waals surface area (Å²) in [5.41, 5.74) is 1.63. The number of nitrogens with one attached hydrogen (secondary N) is 2. The molecule has 0 saturated heterocycles. The van der Waals surface area contributed by atoms with Crippen LogP contribution in [0.1, 0.15) is 41.9 Å². The number of hydrogen-bond acceptors (Lipinski definition) is 5. The lowest BCUT2D eigenvalue weighted by Gasteiger charge is -2.11. The summed E-state index contributed by atoms with van der Waals surface area (Å²) in [7, 11) is 0. The fraction of sp³-hybridized carbons (Fsp3) is 0.368. The summed E-state index contributed by atoms with van der Waals surface area (Å²) in [5, 5.41) is 5.36. The van der Waals surface area contributed by atoms with Gasteiger partial charge in [0.1, 0.15) is 5.82 Å². The van der Waals surface area contributed by atoms with Crippen molar-refractivity contribution in [3.05, 3.63) is 47.3 Å². The molecule has 28 heavy (non-hydrogen) atoms. The third kappa shape index (κ3) is 6.90. The van der Waals surface area contributed by atoms with E-state index < -0.39 is 12.5 Å². The fourth-order valence-electron chi connectivity index (χ4n) is 2.18. The number of aryl methyl sites for hydroxylation is 1. The van der Waals surface area contributed by atoms with Crippen LogP contribution in [0, 0.1) is 6.92 Å². The molecule has 2 aromatic rings. The molecule has 0 spiro atoms. The lowest BCUT2D eigenvalue weighted by molar-refractivity contribution is -0.115. The van der Waals surface area contributed by atoms with Crippen molar-refractivity contribution in [3.63, 3.8) is 0 Å². The lowest BCUT2D eigenvalue weighted by atomic mass is 10.2. The maximum atomic E-state index is 12.8. The second-order valence-corrected chi connectivity index (χ2v) is 6.33. The number of hydrogen-bond donors (Lipinski definition) is 2. The molecule has 9 heteroatoms. The lowest BCUT2D eigenvalue weighted by Crippen LogP contribution is -2.24. The van der Waals surface area contributed by atoms with Gasteiger partial charge in [0.25, 0.3) is 11.8 Å². The molecule has 2 rings (SSSR count). The van der Waals surface area contributed by atoms with E-state index in [1.54, 1.807) is 26.0 Å². The molecule has 2 N–H and O–H groups in total. The van der Waals surface area contributed by atoms with E-state index in [4.69, 9.17) is 4.74 Å². The number of anilines is 1. The molecule has 0 aliphatic carbocycles. The van der Waals surface area contributed by atoms with Gasteiger partial charge in [-0.1, -0.05) is 13.0 Å². The molecule has 0 aliphatic rings. The third-order valence-electron chi connectivity index (χ3n) is 3.53. The van der Waals surface area contributed by atoms with Gasteiger partial charge < -0.3 is 15.4 Å². The van der Waals surface area contributed by atoms with Gasteiger partial charge in [0.05, 0.1) is 0 Å². The topological polar surface area (TPSA) is 93.2 Å². The average Bonchev–Trinajstić information content (AvgIpc) is 2.64. The molecule has 2 amide bonds. The molecule has 0 fully saturated rings. The summed E-state index contributed by atoms with van der Waals surface area (Å²) in [6.07, 6.45) is 1.74. The first-order valence-electron chi connectivity index (χ1n) is 8.68. The molecule has 0 unspecified atom stereocenters. The molecule has 150 valence electrons. The number of rotatable bonds is 8. The molecule has 0 aromatic carbocycles. The number of nitrogens with zero attached hydrogens (tertiary/aromatic N) is 2. The highest BCUT2D eigenvalue weighted by Crippen LogP contribution is 2.15. The summed E-state index contributed by atoms with van der Waals surface area (Å²) in [5.74, 6) is -3.08. The highest BCUT2D eigenvalue weighted by molar-refractivity contribution is 5.96. The SMILES string of the molecule is CCC(=O)Nc1cc(C(=O)NCc2ccc(OCC(C)(F)F)nc2)cc(C)n1. The number of aromatic nitrogens is 2. The van der Waals surface area contributed by atoms with Crippen LogP contribution < -0.4 is 15.4 Å². The van der Waals surface area contributed by atoms with Gasteiger partial charge in [-0.05, 0) is 24.6 Å². The van der Waals surface area contributed by atoms with Gasteiger partial charge in [-0.2, -0.15) is 0 Å². The Morgan fingerprint density at radius 3 is 2.61 bits per heavy atom. The van der Waals surface area contributed by atoms with E-state index in [1.807, 2.05) is 0 Å². The second kappa shape index (κ2) is 9.20. The van der Waals surface area contributed by atoms with Crippen LogP contribution in [0.4, 0.5) is 14.6 Å². The highest BCUT2D eigenvalue weighted by atomic mass is 19.3. The number of ether oxygens (including phenoxy) is 1. The van der Waals surface area contributed by atoms with Crippen LogP contribution in [-0.2, 0) is 11.3 Å². The Morgan fingerprint density at radius 2 is 2.00 bits per heavy atom. The molecule has 0 atom stereocenters. The number of amides is 2. The zero-order valence-corrected chi connectivity index (χ0v) is 15.9. The number of carbonyl (C=O) groups excluding carboxylic acids is 2. The van der Waals surface area contributed by atoms with Crippen molar-refractivity contribution in [1.82, 2.24) is 15.3 Å². The zero-order chi connectivity index (χ0) is 20.7. The zero-order valence-electron chi connectivity index (χ0n) is 15.9. The minimum Gasteiger partial charge on any atom is -0.471 e. The second-order valence-electron chi connectivity index (χ2n) is 6.33. The van der Waals surface area contributed by atoms with Gasteiger partial charge in [0.2, 0.25) is 11.8 Å². The normalized spacial score (nSPS) is 11.0. The largest absolute Gasteiger partial charge is 0.471 e. The van der Waals surface area contributed by atoms with Gasteiger partial charge in [0, 0.05) is 43.4 Å². The standard InChI is InChI=1S/C19H22F2N4O3/c1-4-16(26)25-15-8-14(7-12(2)24-15)18(27)23-10-13-5-6-17(22-9-13)28-11-19(3,20)21/h5-9H,4,10-11H2,1-3H3,(H,23,27)(H,24,25,26). The monoisotopic (exact) mass is 392 g/mol. The van der Waals surface area contributed by atoms with Crippen molar-refractivity contribution in [1.29, 1.82) is 0 Å². The fourth-order valence-corrected chi connectivity index (χ4v) is 2.18. The van der Waals surface area contributed by atoms with Crippen LogP contribution in [0.5, 0.6) is 5.88 Å². The van der Waals surface area contributed by atoms with Gasteiger partial charge in [-0.25, -0.2) is 18.7 Å². The van der Waals surface area contributed by atoms with Gasteiger partial charge >= 0.3 is 0 Å². The van der Waals surface area contributed by atoms with Crippen LogP contribution in [0.2, 0.25) is 0 Å². The Morgan fingerprint density at radius 1 is 1.25 bits per heavy atom. The third-order valence-corrected chi connectivity index (χ3v) is 3.53. The first kappa shape index (κ1) is 21.2. The van der Waals surface area contributed by atoms with Crippen molar-refractivity contribution >= 4 is 17.6 Å². The van der Waals surface area contributed by atoms with Crippen LogP contribution in [0.3, 0.4) is 0 Å². The van der Waals surface area contributed by atoms with E-state index in [1.165, 1.54) is 18.3 Å².